The van der Waals surface area contributed by atoms with E-state index in [2.05, 4.69) is 10.6 Å². The minimum atomic E-state index is -0.562. The first-order valence-corrected chi connectivity index (χ1v) is 6.53. The summed E-state index contributed by atoms with van der Waals surface area (Å²) in [6.07, 6.45) is 0.867. The highest BCUT2D eigenvalue weighted by Crippen LogP contribution is 2.20. The second kappa shape index (κ2) is 6.41. The maximum atomic E-state index is 12.1. The molecule has 0 radical (unpaired) electrons. The van der Waals surface area contributed by atoms with Crippen molar-refractivity contribution in [2.24, 2.45) is 0 Å². The molecule has 1 rings (SSSR count). The normalized spacial score (nSPS) is 12.1. The Hall–Kier alpha value is -1.78. The lowest BCUT2D eigenvalue weighted by molar-refractivity contribution is -0.122. The van der Waals surface area contributed by atoms with Gasteiger partial charge in [0.2, 0.25) is 5.91 Å². The Morgan fingerprint density at radius 3 is 2.32 bits per heavy atom. The Kier molecular flexibility index (Phi) is 5.15. The molecule has 0 saturated carbocycles. The average Bonchev–Trinajstić information content (AvgIpc) is 2.60. The first-order valence-electron chi connectivity index (χ1n) is 6.53. The molecule has 0 aliphatic heterocycles. The van der Waals surface area contributed by atoms with E-state index in [0.29, 0.717) is 17.9 Å². The summed E-state index contributed by atoms with van der Waals surface area (Å²) in [5, 5.41) is 5.44. The van der Waals surface area contributed by atoms with E-state index in [1.807, 2.05) is 20.8 Å². The molecule has 5 nitrogen and oxygen atoms in total. The molecule has 2 N–H and O–H groups in total. The van der Waals surface area contributed by atoms with Crippen molar-refractivity contribution in [1.82, 2.24) is 10.6 Å². The van der Waals surface area contributed by atoms with E-state index in [0.717, 1.165) is 17.7 Å². The summed E-state index contributed by atoms with van der Waals surface area (Å²) in [6, 6.07) is -0.562. The van der Waals surface area contributed by atoms with Crippen LogP contribution in [0.1, 0.15) is 47.7 Å². The summed E-state index contributed by atoms with van der Waals surface area (Å²) in [4.78, 5) is 23.8. The van der Waals surface area contributed by atoms with Gasteiger partial charge >= 0.3 is 0 Å². The van der Waals surface area contributed by atoms with Crippen LogP contribution in [-0.4, -0.2) is 24.4 Å². The molecule has 0 bridgehead atoms. The van der Waals surface area contributed by atoms with Gasteiger partial charge in [0.05, 0.1) is 5.56 Å². The zero-order chi connectivity index (χ0) is 14.6. The maximum absolute atomic E-state index is 12.1. The number of furan rings is 1. The topological polar surface area (TPSA) is 71.3 Å². The SMILES string of the molecule is CCCNC(=O)C(C)NC(=O)c1c(C)oc(C)c1C. The fraction of sp³-hybridized carbons (Fsp3) is 0.571. The highest BCUT2D eigenvalue weighted by atomic mass is 16.3. The first-order chi connectivity index (χ1) is 8.88. The number of nitrogens with one attached hydrogen (secondary N) is 2. The highest BCUT2D eigenvalue weighted by molar-refractivity contribution is 5.99. The van der Waals surface area contributed by atoms with E-state index < -0.39 is 6.04 Å². The molecule has 0 aromatic carbocycles. The molecular weight excluding hydrogens is 244 g/mol. The molecule has 1 atom stereocenters. The van der Waals surface area contributed by atoms with Crippen molar-refractivity contribution in [2.75, 3.05) is 6.54 Å². The van der Waals surface area contributed by atoms with Crippen LogP contribution in [-0.2, 0) is 4.79 Å². The van der Waals surface area contributed by atoms with Gasteiger partial charge in [-0.2, -0.15) is 0 Å². The molecule has 5 heteroatoms. The zero-order valence-electron chi connectivity index (χ0n) is 12.2. The number of carbonyl (C=O) groups is 2. The van der Waals surface area contributed by atoms with Crippen LogP contribution < -0.4 is 10.6 Å². The number of amides is 2. The fourth-order valence-electron chi connectivity index (χ4n) is 1.86. The summed E-state index contributed by atoms with van der Waals surface area (Å²) < 4.78 is 5.41. The molecule has 1 aromatic heterocycles. The maximum Gasteiger partial charge on any atom is 0.255 e. The number of hydrogen-bond donors (Lipinski definition) is 2. The summed E-state index contributed by atoms with van der Waals surface area (Å²) in [6.45, 7) is 9.66. The molecule has 19 heavy (non-hydrogen) atoms. The average molecular weight is 266 g/mol. The summed E-state index contributed by atoms with van der Waals surface area (Å²) in [7, 11) is 0. The van der Waals surface area contributed by atoms with Gasteiger partial charge in [-0.05, 0) is 34.1 Å². The summed E-state index contributed by atoms with van der Waals surface area (Å²) >= 11 is 0. The van der Waals surface area contributed by atoms with E-state index in [4.69, 9.17) is 4.42 Å². The van der Waals surface area contributed by atoms with Crippen LogP contribution in [0.3, 0.4) is 0 Å². The van der Waals surface area contributed by atoms with Gasteiger partial charge in [-0.1, -0.05) is 6.92 Å². The van der Waals surface area contributed by atoms with Crippen molar-refractivity contribution in [3.05, 3.63) is 22.6 Å². The Bertz CT molecular complexity index is 477. The molecule has 0 saturated heterocycles. The quantitative estimate of drug-likeness (QED) is 0.854. The van der Waals surface area contributed by atoms with Gasteiger partial charge in [0.1, 0.15) is 17.6 Å². The Morgan fingerprint density at radius 1 is 1.21 bits per heavy atom. The molecule has 0 aliphatic carbocycles. The molecule has 0 aliphatic rings. The molecule has 0 fully saturated rings. The van der Waals surface area contributed by atoms with Gasteiger partial charge < -0.3 is 15.1 Å². The molecule has 1 unspecified atom stereocenters. The third-order valence-corrected chi connectivity index (χ3v) is 3.08. The van der Waals surface area contributed by atoms with E-state index in [1.165, 1.54) is 0 Å². The highest BCUT2D eigenvalue weighted by Gasteiger charge is 2.22. The van der Waals surface area contributed by atoms with Crippen LogP contribution in [0.5, 0.6) is 0 Å². The van der Waals surface area contributed by atoms with Crippen LogP contribution >= 0.6 is 0 Å². The number of hydrogen-bond acceptors (Lipinski definition) is 3. The van der Waals surface area contributed by atoms with Crippen LogP contribution in [0, 0.1) is 20.8 Å². The van der Waals surface area contributed by atoms with Gasteiger partial charge in [0, 0.05) is 12.1 Å². The zero-order valence-corrected chi connectivity index (χ0v) is 12.2. The largest absolute Gasteiger partial charge is 0.466 e. The van der Waals surface area contributed by atoms with E-state index in [1.54, 1.807) is 13.8 Å². The Morgan fingerprint density at radius 2 is 1.84 bits per heavy atom. The van der Waals surface area contributed by atoms with Gasteiger partial charge in [0.25, 0.3) is 5.91 Å². The molecule has 106 valence electrons. The Labute approximate surface area is 113 Å². The molecular formula is C14H22N2O3. The monoisotopic (exact) mass is 266 g/mol. The lowest BCUT2D eigenvalue weighted by Gasteiger charge is -2.13. The number of rotatable bonds is 5. The summed E-state index contributed by atoms with van der Waals surface area (Å²) in [5.74, 6) is 0.858. The van der Waals surface area contributed by atoms with E-state index >= 15 is 0 Å². The van der Waals surface area contributed by atoms with Crippen LogP contribution in [0.25, 0.3) is 0 Å². The predicted octanol–water partition coefficient (Wildman–Crippen LogP) is 1.85. The van der Waals surface area contributed by atoms with Crippen molar-refractivity contribution in [1.29, 1.82) is 0 Å². The van der Waals surface area contributed by atoms with E-state index in [9.17, 15) is 9.59 Å². The van der Waals surface area contributed by atoms with Crippen molar-refractivity contribution in [3.8, 4) is 0 Å². The second-order valence-corrected chi connectivity index (χ2v) is 4.70. The third kappa shape index (κ3) is 3.59. The van der Waals surface area contributed by atoms with E-state index in [-0.39, 0.29) is 11.8 Å². The van der Waals surface area contributed by atoms with Gasteiger partial charge in [0.15, 0.2) is 0 Å². The number of carbonyl (C=O) groups excluding carboxylic acids is 2. The van der Waals surface area contributed by atoms with Gasteiger partial charge in [-0.25, -0.2) is 0 Å². The van der Waals surface area contributed by atoms with Crippen molar-refractivity contribution < 1.29 is 14.0 Å². The second-order valence-electron chi connectivity index (χ2n) is 4.70. The molecule has 1 aromatic rings. The molecule has 0 spiro atoms. The minimum Gasteiger partial charge on any atom is -0.466 e. The first kappa shape index (κ1) is 15.3. The lowest BCUT2D eigenvalue weighted by Crippen LogP contribution is -2.45. The lowest BCUT2D eigenvalue weighted by atomic mass is 10.1. The Balaban J connectivity index is 2.72. The standard InChI is InChI=1S/C14H22N2O3/c1-6-7-15-13(17)9(3)16-14(18)12-8(2)10(4)19-11(12)5/h9H,6-7H2,1-5H3,(H,15,17)(H,16,18). The molecule has 2 amide bonds. The van der Waals surface area contributed by atoms with Gasteiger partial charge in [-0.15, -0.1) is 0 Å². The van der Waals surface area contributed by atoms with Crippen molar-refractivity contribution in [2.45, 2.75) is 47.1 Å². The summed E-state index contributed by atoms with van der Waals surface area (Å²) in [5.41, 5.74) is 1.34. The third-order valence-electron chi connectivity index (χ3n) is 3.08. The van der Waals surface area contributed by atoms with Crippen LogP contribution in [0.4, 0.5) is 0 Å². The molecule has 1 heterocycles. The van der Waals surface area contributed by atoms with Crippen molar-refractivity contribution in [3.63, 3.8) is 0 Å². The minimum absolute atomic E-state index is 0.175. The number of aryl methyl sites for hydroxylation is 2. The van der Waals surface area contributed by atoms with Gasteiger partial charge in [-0.3, -0.25) is 9.59 Å². The van der Waals surface area contributed by atoms with Crippen molar-refractivity contribution >= 4 is 11.8 Å². The smallest absolute Gasteiger partial charge is 0.255 e. The van der Waals surface area contributed by atoms with Crippen LogP contribution in [0.2, 0.25) is 0 Å². The fourth-order valence-corrected chi connectivity index (χ4v) is 1.86. The predicted molar refractivity (Wildman–Crippen MR) is 73.1 cm³/mol. The van der Waals surface area contributed by atoms with Crippen LogP contribution in [0.15, 0.2) is 4.42 Å².